The summed E-state index contributed by atoms with van der Waals surface area (Å²) in [6.07, 6.45) is 2.64. The van der Waals surface area contributed by atoms with E-state index in [0.29, 0.717) is 25.8 Å². The largest absolute Gasteiger partial charge is 0.481 e. The molecular weight excluding hydrogens is 254 g/mol. The van der Waals surface area contributed by atoms with Crippen LogP contribution in [0.4, 0.5) is 0 Å². The van der Waals surface area contributed by atoms with Crippen LogP contribution in [-0.4, -0.2) is 35.5 Å². The summed E-state index contributed by atoms with van der Waals surface area (Å²) in [6.45, 7) is 0.678. The number of hydrogen-bond acceptors (Lipinski definition) is 2. The van der Waals surface area contributed by atoms with E-state index in [4.69, 9.17) is 5.11 Å². The van der Waals surface area contributed by atoms with E-state index in [-0.39, 0.29) is 17.7 Å². The molecule has 1 aliphatic carbocycles. The summed E-state index contributed by atoms with van der Waals surface area (Å²) in [5.74, 6) is -1.14. The van der Waals surface area contributed by atoms with Crippen LogP contribution < -0.4 is 0 Å². The van der Waals surface area contributed by atoms with E-state index in [0.717, 1.165) is 6.42 Å². The second-order valence-corrected chi connectivity index (χ2v) is 5.54. The van der Waals surface area contributed by atoms with E-state index in [2.05, 4.69) is 0 Å². The summed E-state index contributed by atoms with van der Waals surface area (Å²) in [4.78, 5) is 24.9. The molecule has 1 aliphatic rings. The van der Waals surface area contributed by atoms with E-state index in [9.17, 15) is 9.59 Å². The Kier molecular flexibility index (Phi) is 4.77. The number of hydrogen-bond donors (Lipinski definition) is 1. The van der Waals surface area contributed by atoms with Crippen molar-refractivity contribution in [2.75, 3.05) is 13.6 Å². The summed E-state index contributed by atoms with van der Waals surface area (Å²) in [5.41, 5.74) is 1.21. The van der Waals surface area contributed by atoms with Gasteiger partial charge in [0.15, 0.2) is 0 Å². The maximum Gasteiger partial charge on any atom is 0.306 e. The average molecular weight is 275 g/mol. The first kappa shape index (κ1) is 14.6. The van der Waals surface area contributed by atoms with Gasteiger partial charge in [-0.1, -0.05) is 30.3 Å². The van der Waals surface area contributed by atoms with Crippen molar-refractivity contribution in [3.63, 3.8) is 0 Å². The second kappa shape index (κ2) is 6.55. The van der Waals surface area contributed by atoms with Crippen molar-refractivity contribution in [1.82, 2.24) is 4.90 Å². The number of nitrogens with zero attached hydrogens (tertiary/aromatic N) is 1. The van der Waals surface area contributed by atoms with Crippen LogP contribution in [-0.2, 0) is 16.0 Å². The Morgan fingerprint density at radius 3 is 2.45 bits per heavy atom. The summed E-state index contributed by atoms with van der Waals surface area (Å²) in [6, 6.07) is 10.1. The molecule has 0 heterocycles. The number of aliphatic carboxylic acids is 1. The third kappa shape index (κ3) is 3.59. The van der Waals surface area contributed by atoms with Crippen LogP contribution >= 0.6 is 0 Å². The number of carboxylic acid groups (broad SMARTS) is 1. The molecule has 0 aliphatic heterocycles. The predicted octanol–water partition coefficient (Wildman–Crippen LogP) is 2.19. The third-order valence-electron chi connectivity index (χ3n) is 4.09. The number of carboxylic acids is 1. The maximum atomic E-state index is 12.3. The molecule has 1 aromatic carbocycles. The molecule has 0 radical (unpaired) electrons. The molecule has 0 aromatic heterocycles. The lowest BCUT2D eigenvalue weighted by Gasteiger charge is -2.21. The quantitative estimate of drug-likeness (QED) is 0.896. The van der Waals surface area contributed by atoms with Gasteiger partial charge in [-0.25, -0.2) is 0 Å². The highest BCUT2D eigenvalue weighted by atomic mass is 16.4. The number of carbonyl (C=O) groups excluding carboxylic acids is 1. The molecule has 0 unspecified atom stereocenters. The van der Waals surface area contributed by atoms with Crippen LogP contribution in [0.2, 0.25) is 0 Å². The fraction of sp³-hybridized carbons (Fsp3) is 0.500. The van der Waals surface area contributed by atoms with Crippen molar-refractivity contribution < 1.29 is 14.7 Å². The topological polar surface area (TPSA) is 57.6 Å². The number of amides is 1. The smallest absolute Gasteiger partial charge is 0.306 e. The molecule has 2 atom stereocenters. The number of carbonyl (C=O) groups is 2. The Morgan fingerprint density at radius 1 is 1.20 bits per heavy atom. The van der Waals surface area contributed by atoms with Gasteiger partial charge in [0.2, 0.25) is 5.91 Å². The lowest BCUT2D eigenvalue weighted by atomic mass is 10.0. The van der Waals surface area contributed by atoms with Crippen molar-refractivity contribution in [1.29, 1.82) is 0 Å². The van der Waals surface area contributed by atoms with Crippen molar-refractivity contribution in [2.24, 2.45) is 11.8 Å². The average Bonchev–Trinajstić information content (AvgIpc) is 2.95. The normalized spacial score (nSPS) is 21.6. The lowest BCUT2D eigenvalue weighted by Crippen LogP contribution is -2.33. The Balaban J connectivity index is 1.82. The summed E-state index contributed by atoms with van der Waals surface area (Å²) in [7, 11) is 1.80. The highest BCUT2D eigenvalue weighted by Crippen LogP contribution is 2.32. The minimum Gasteiger partial charge on any atom is -0.481 e. The fourth-order valence-corrected chi connectivity index (χ4v) is 2.79. The monoisotopic (exact) mass is 275 g/mol. The standard InChI is InChI=1S/C16H21NO3/c1-17(10-9-12-5-3-2-4-6-12)15(18)13-7-8-14(11-13)16(19)20/h2-6,13-14H,7-11H2,1H3,(H,19,20)/t13-,14+/m1/s1. The summed E-state index contributed by atoms with van der Waals surface area (Å²) in [5, 5.41) is 8.98. The SMILES string of the molecule is CN(CCc1ccccc1)C(=O)[C@@H]1CC[C@H](C(=O)O)C1. The highest BCUT2D eigenvalue weighted by Gasteiger charge is 2.34. The van der Waals surface area contributed by atoms with E-state index < -0.39 is 5.97 Å². The van der Waals surface area contributed by atoms with E-state index >= 15 is 0 Å². The van der Waals surface area contributed by atoms with Gasteiger partial charge in [0, 0.05) is 19.5 Å². The number of likely N-dealkylation sites (N-methyl/N-ethyl adjacent to an activating group) is 1. The van der Waals surface area contributed by atoms with Crippen LogP contribution in [0.3, 0.4) is 0 Å². The van der Waals surface area contributed by atoms with Gasteiger partial charge in [0.05, 0.1) is 5.92 Å². The van der Waals surface area contributed by atoms with E-state index in [1.165, 1.54) is 5.56 Å². The molecule has 20 heavy (non-hydrogen) atoms. The Labute approximate surface area is 119 Å². The van der Waals surface area contributed by atoms with Gasteiger partial charge in [0.1, 0.15) is 0 Å². The Bertz CT molecular complexity index is 472. The molecule has 0 saturated heterocycles. The molecule has 108 valence electrons. The fourth-order valence-electron chi connectivity index (χ4n) is 2.79. The zero-order valence-corrected chi connectivity index (χ0v) is 11.8. The van der Waals surface area contributed by atoms with Gasteiger partial charge in [-0.3, -0.25) is 9.59 Å². The van der Waals surface area contributed by atoms with Crippen LogP contribution in [0.15, 0.2) is 30.3 Å². The molecule has 4 heteroatoms. The number of rotatable bonds is 5. The van der Waals surface area contributed by atoms with Crippen LogP contribution in [0.25, 0.3) is 0 Å². The molecule has 1 aromatic rings. The van der Waals surface area contributed by atoms with Gasteiger partial charge in [-0.15, -0.1) is 0 Å². The first-order chi connectivity index (χ1) is 9.58. The second-order valence-electron chi connectivity index (χ2n) is 5.54. The summed E-state index contributed by atoms with van der Waals surface area (Å²) < 4.78 is 0. The molecule has 1 N–H and O–H groups in total. The molecule has 1 saturated carbocycles. The van der Waals surface area contributed by atoms with Gasteiger partial charge < -0.3 is 10.0 Å². The summed E-state index contributed by atoms with van der Waals surface area (Å²) >= 11 is 0. The molecule has 1 fully saturated rings. The first-order valence-electron chi connectivity index (χ1n) is 7.09. The predicted molar refractivity (Wildman–Crippen MR) is 76.2 cm³/mol. The molecule has 2 rings (SSSR count). The molecule has 0 spiro atoms. The highest BCUT2D eigenvalue weighted by molar-refractivity contribution is 5.80. The zero-order valence-electron chi connectivity index (χ0n) is 11.8. The number of benzene rings is 1. The van der Waals surface area contributed by atoms with Gasteiger partial charge in [-0.05, 0) is 31.2 Å². The van der Waals surface area contributed by atoms with E-state index in [1.54, 1.807) is 11.9 Å². The van der Waals surface area contributed by atoms with Crippen molar-refractivity contribution in [3.8, 4) is 0 Å². The Morgan fingerprint density at radius 2 is 1.85 bits per heavy atom. The zero-order chi connectivity index (χ0) is 14.5. The molecule has 0 bridgehead atoms. The van der Waals surface area contributed by atoms with Gasteiger partial charge in [0.25, 0.3) is 0 Å². The van der Waals surface area contributed by atoms with Crippen LogP contribution in [0.5, 0.6) is 0 Å². The van der Waals surface area contributed by atoms with E-state index in [1.807, 2.05) is 30.3 Å². The lowest BCUT2D eigenvalue weighted by molar-refractivity contribution is -0.141. The van der Waals surface area contributed by atoms with Crippen LogP contribution in [0.1, 0.15) is 24.8 Å². The molecule has 1 amide bonds. The minimum atomic E-state index is -0.771. The van der Waals surface area contributed by atoms with Gasteiger partial charge in [-0.2, -0.15) is 0 Å². The van der Waals surface area contributed by atoms with Gasteiger partial charge >= 0.3 is 5.97 Å². The molecular formula is C16H21NO3. The van der Waals surface area contributed by atoms with Crippen molar-refractivity contribution in [2.45, 2.75) is 25.7 Å². The first-order valence-corrected chi connectivity index (χ1v) is 7.09. The maximum absolute atomic E-state index is 12.3. The third-order valence-corrected chi connectivity index (χ3v) is 4.09. The minimum absolute atomic E-state index is 0.0877. The van der Waals surface area contributed by atoms with Crippen molar-refractivity contribution >= 4 is 11.9 Å². The van der Waals surface area contributed by atoms with Crippen LogP contribution in [0, 0.1) is 11.8 Å². The Hall–Kier alpha value is -1.84. The molecule has 4 nitrogen and oxygen atoms in total. The van der Waals surface area contributed by atoms with Crippen molar-refractivity contribution in [3.05, 3.63) is 35.9 Å².